The lowest BCUT2D eigenvalue weighted by Crippen LogP contribution is -2.21. The summed E-state index contributed by atoms with van der Waals surface area (Å²) < 4.78 is 0. The Labute approximate surface area is 137 Å². The molecule has 0 aromatic heterocycles. The number of nitrogens with one attached hydrogen (secondary N) is 1. The van der Waals surface area contributed by atoms with E-state index in [1.165, 1.54) is 10.5 Å². The van der Waals surface area contributed by atoms with Crippen LogP contribution in [0.2, 0.25) is 0 Å². The molecule has 0 aliphatic heterocycles. The van der Waals surface area contributed by atoms with Gasteiger partial charge >= 0.3 is 0 Å². The Morgan fingerprint density at radius 2 is 1.65 bits per heavy atom. The van der Waals surface area contributed by atoms with Crippen molar-refractivity contribution in [1.29, 1.82) is 0 Å². The first kappa shape index (κ1) is 16.7. The van der Waals surface area contributed by atoms with Crippen molar-refractivity contribution in [3.8, 4) is 0 Å². The first-order chi connectivity index (χ1) is 10.9. The topological polar surface area (TPSA) is 49.4 Å². The number of hydrogen-bond acceptors (Lipinski definition) is 2. The van der Waals surface area contributed by atoms with Crippen molar-refractivity contribution < 1.29 is 9.59 Å². The summed E-state index contributed by atoms with van der Waals surface area (Å²) in [6, 6.07) is 13.0. The van der Waals surface area contributed by atoms with E-state index in [1.807, 2.05) is 26.0 Å². The highest BCUT2D eigenvalue weighted by molar-refractivity contribution is 5.96. The Kier molecular flexibility index (Phi) is 5.16. The lowest BCUT2D eigenvalue weighted by atomic mass is 10.0. The largest absolute Gasteiger partial charge is 0.345 e. The Morgan fingerprint density at radius 1 is 1.00 bits per heavy atom. The number of anilines is 1. The molecule has 0 fully saturated rings. The molecule has 2 aromatic carbocycles. The van der Waals surface area contributed by atoms with Crippen molar-refractivity contribution in [2.24, 2.45) is 0 Å². The molecule has 1 N–H and O–H groups in total. The molecule has 0 saturated heterocycles. The standard InChI is InChI=1S/C19H22N2O2/c1-13-5-6-16(14(2)11-13)12-18(22)20-17-9-7-15(8-10-17)19(23)21(3)4/h5-11H,12H2,1-4H3,(H,20,22). The zero-order valence-electron chi connectivity index (χ0n) is 14.0. The molecule has 0 saturated carbocycles. The number of rotatable bonds is 4. The molecular formula is C19H22N2O2. The van der Waals surface area contributed by atoms with Gasteiger partial charge in [0, 0.05) is 25.3 Å². The van der Waals surface area contributed by atoms with Gasteiger partial charge in [0.15, 0.2) is 0 Å². The van der Waals surface area contributed by atoms with E-state index in [9.17, 15) is 9.59 Å². The average Bonchev–Trinajstić information content (AvgIpc) is 2.50. The molecular weight excluding hydrogens is 288 g/mol. The number of hydrogen-bond donors (Lipinski definition) is 1. The Bertz CT molecular complexity index is 719. The summed E-state index contributed by atoms with van der Waals surface area (Å²) in [4.78, 5) is 25.5. The Hall–Kier alpha value is -2.62. The second-order valence-corrected chi connectivity index (χ2v) is 5.93. The van der Waals surface area contributed by atoms with Gasteiger partial charge in [-0.2, -0.15) is 0 Å². The molecule has 0 aliphatic rings. The SMILES string of the molecule is Cc1ccc(CC(=O)Nc2ccc(C(=O)N(C)C)cc2)c(C)c1. The van der Waals surface area contributed by atoms with E-state index in [4.69, 9.17) is 0 Å². The van der Waals surface area contributed by atoms with Gasteiger partial charge in [0.05, 0.1) is 6.42 Å². The predicted octanol–water partition coefficient (Wildman–Crippen LogP) is 3.19. The fourth-order valence-corrected chi connectivity index (χ4v) is 2.38. The minimum Gasteiger partial charge on any atom is -0.345 e. The summed E-state index contributed by atoms with van der Waals surface area (Å²) in [5.41, 5.74) is 4.62. The van der Waals surface area contributed by atoms with Crippen LogP contribution in [0.1, 0.15) is 27.0 Å². The first-order valence-electron chi connectivity index (χ1n) is 7.54. The number of carbonyl (C=O) groups is 2. The van der Waals surface area contributed by atoms with Crippen molar-refractivity contribution >= 4 is 17.5 Å². The second kappa shape index (κ2) is 7.09. The fourth-order valence-electron chi connectivity index (χ4n) is 2.38. The minimum absolute atomic E-state index is 0.0573. The van der Waals surface area contributed by atoms with Crippen LogP contribution >= 0.6 is 0 Å². The summed E-state index contributed by atoms with van der Waals surface area (Å²) in [7, 11) is 3.42. The summed E-state index contributed by atoms with van der Waals surface area (Å²) in [5.74, 6) is -0.123. The van der Waals surface area contributed by atoms with Gasteiger partial charge in [-0.3, -0.25) is 9.59 Å². The number of carbonyl (C=O) groups excluding carboxylic acids is 2. The fraction of sp³-hybridized carbons (Fsp3) is 0.263. The normalized spacial score (nSPS) is 10.3. The van der Waals surface area contributed by atoms with E-state index in [-0.39, 0.29) is 11.8 Å². The first-order valence-corrected chi connectivity index (χ1v) is 7.54. The van der Waals surface area contributed by atoms with Gasteiger partial charge in [-0.1, -0.05) is 23.8 Å². The van der Waals surface area contributed by atoms with E-state index < -0.39 is 0 Å². The highest BCUT2D eigenvalue weighted by Crippen LogP contribution is 2.14. The van der Waals surface area contributed by atoms with Gasteiger partial charge < -0.3 is 10.2 Å². The minimum atomic E-state index is -0.0661. The van der Waals surface area contributed by atoms with Gasteiger partial charge in [-0.15, -0.1) is 0 Å². The highest BCUT2D eigenvalue weighted by Gasteiger charge is 2.09. The summed E-state index contributed by atoms with van der Waals surface area (Å²) in [6.07, 6.45) is 0.338. The molecule has 2 aromatic rings. The van der Waals surface area contributed by atoms with E-state index in [2.05, 4.69) is 11.4 Å². The molecule has 0 aliphatic carbocycles. The number of benzene rings is 2. The van der Waals surface area contributed by atoms with Crippen LogP contribution in [0.25, 0.3) is 0 Å². The molecule has 0 atom stereocenters. The quantitative estimate of drug-likeness (QED) is 0.943. The third-order valence-electron chi connectivity index (χ3n) is 3.67. The van der Waals surface area contributed by atoms with E-state index >= 15 is 0 Å². The Balaban J connectivity index is 2.01. The monoisotopic (exact) mass is 310 g/mol. The summed E-state index contributed by atoms with van der Waals surface area (Å²) in [6.45, 7) is 4.05. The molecule has 0 unspecified atom stereocenters. The van der Waals surface area contributed by atoms with Gasteiger partial charge in [0.2, 0.25) is 5.91 Å². The van der Waals surface area contributed by atoms with Crippen LogP contribution in [0.15, 0.2) is 42.5 Å². The maximum absolute atomic E-state index is 12.2. The van der Waals surface area contributed by atoms with Crippen LogP contribution in [0, 0.1) is 13.8 Å². The van der Waals surface area contributed by atoms with Crippen molar-refractivity contribution in [2.75, 3.05) is 19.4 Å². The zero-order valence-corrected chi connectivity index (χ0v) is 14.0. The third kappa shape index (κ3) is 4.42. The maximum atomic E-state index is 12.2. The molecule has 0 radical (unpaired) electrons. The lowest BCUT2D eigenvalue weighted by molar-refractivity contribution is -0.115. The van der Waals surface area contributed by atoms with Gasteiger partial charge in [-0.25, -0.2) is 0 Å². The molecule has 0 heterocycles. The van der Waals surface area contributed by atoms with Gasteiger partial charge in [0.25, 0.3) is 5.91 Å². The highest BCUT2D eigenvalue weighted by atomic mass is 16.2. The van der Waals surface area contributed by atoms with Crippen LogP contribution in [0.4, 0.5) is 5.69 Å². The number of nitrogens with zero attached hydrogens (tertiary/aromatic N) is 1. The molecule has 0 bridgehead atoms. The third-order valence-corrected chi connectivity index (χ3v) is 3.67. The van der Waals surface area contributed by atoms with Crippen molar-refractivity contribution in [3.05, 3.63) is 64.7 Å². The van der Waals surface area contributed by atoms with Crippen LogP contribution in [-0.2, 0) is 11.2 Å². The van der Waals surface area contributed by atoms with Crippen LogP contribution < -0.4 is 5.32 Å². The molecule has 4 nitrogen and oxygen atoms in total. The van der Waals surface area contributed by atoms with Crippen LogP contribution in [0.3, 0.4) is 0 Å². The van der Waals surface area contributed by atoms with Crippen molar-refractivity contribution in [3.63, 3.8) is 0 Å². The van der Waals surface area contributed by atoms with E-state index in [1.54, 1.807) is 38.4 Å². The summed E-state index contributed by atoms with van der Waals surface area (Å²) >= 11 is 0. The lowest BCUT2D eigenvalue weighted by Gasteiger charge is -2.11. The number of amides is 2. The van der Waals surface area contributed by atoms with Gasteiger partial charge in [0.1, 0.15) is 0 Å². The van der Waals surface area contributed by atoms with Crippen LogP contribution in [0.5, 0.6) is 0 Å². The van der Waals surface area contributed by atoms with Crippen molar-refractivity contribution in [1.82, 2.24) is 4.90 Å². The maximum Gasteiger partial charge on any atom is 0.253 e. The Morgan fingerprint density at radius 3 is 2.22 bits per heavy atom. The molecule has 0 spiro atoms. The number of aryl methyl sites for hydroxylation is 2. The van der Waals surface area contributed by atoms with E-state index in [0.29, 0.717) is 17.7 Å². The molecule has 2 amide bonds. The summed E-state index contributed by atoms with van der Waals surface area (Å²) in [5, 5.41) is 2.86. The molecule has 2 rings (SSSR count). The smallest absolute Gasteiger partial charge is 0.253 e. The predicted molar refractivity (Wildman–Crippen MR) is 92.7 cm³/mol. The molecule has 4 heteroatoms. The van der Waals surface area contributed by atoms with Crippen molar-refractivity contribution in [2.45, 2.75) is 20.3 Å². The molecule has 120 valence electrons. The molecule has 23 heavy (non-hydrogen) atoms. The van der Waals surface area contributed by atoms with Crippen LogP contribution in [-0.4, -0.2) is 30.8 Å². The average molecular weight is 310 g/mol. The van der Waals surface area contributed by atoms with Gasteiger partial charge in [-0.05, 0) is 49.2 Å². The van der Waals surface area contributed by atoms with E-state index in [0.717, 1.165) is 11.1 Å². The zero-order chi connectivity index (χ0) is 17.0. The second-order valence-electron chi connectivity index (χ2n) is 5.93.